The van der Waals surface area contributed by atoms with Crippen LogP contribution in [0.25, 0.3) is 0 Å². The molecule has 7 nitrogen and oxygen atoms in total. The van der Waals surface area contributed by atoms with E-state index in [1.54, 1.807) is 0 Å². The second kappa shape index (κ2) is 10.7. The van der Waals surface area contributed by atoms with Gasteiger partial charge in [-0.15, -0.1) is 0 Å². The Bertz CT molecular complexity index is 765. The lowest BCUT2D eigenvalue weighted by Crippen LogP contribution is -2.50. The fourth-order valence-corrected chi connectivity index (χ4v) is 5.15. The van der Waals surface area contributed by atoms with E-state index in [2.05, 4.69) is 10.2 Å². The van der Waals surface area contributed by atoms with Crippen LogP contribution in [0.5, 0.6) is 0 Å². The van der Waals surface area contributed by atoms with Gasteiger partial charge in [-0.25, -0.2) is 4.79 Å². The molecule has 2 unspecified atom stereocenters. The lowest BCUT2D eigenvalue weighted by molar-refractivity contribution is -0.126. The summed E-state index contributed by atoms with van der Waals surface area (Å²) in [5.74, 6) is -0.124. The van der Waals surface area contributed by atoms with E-state index in [1.807, 2.05) is 34.1 Å². The Morgan fingerprint density at radius 1 is 1.03 bits per heavy atom. The van der Waals surface area contributed by atoms with Crippen LogP contribution in [0, 0.1) is 5.92 Å². The summed E-state index contributed by atoms with van der Waals surface area (Å²) in [7, 11) is 0. The van der Waals surface area contributed by atoms with Crippen LogP contribution in [0.4, 0.5) is 4.79 Å². The summed E-state index contributed by atoms with van der Waals surface area (Å²) in [5, 5.41) is 3.89. The number of rotatable bonds is 5. The number of hydrogen-bond donors (Lipinski definition) is 1. The third-order valence-electron chi connectivity index (χ3n) is 6.66. The van der Waals surface area contributed by atoms with Crippen molar-refractivity contribution in [1.29, 1.82) is 0 Å². The third kappa shape index (κ3) is 5.51. The number of carbonyl (C=O) groups is 2. The average molecular weight is 449 g/mol. The second-order valence-electron chi connectivity index (χ2n) is 8.69. The number of urea groups is 1. The number of piperidine rings is 1. The van der Waals surface area contributed by atoms with Gasteiger partial charge in [0.1, 0.15) is 0 Å². The molecule has 0 aliphatic carbocycles. The number of nitrogens with zero attached hydrogens (tertiary/aromatic N) is 3. The quantitative estimate of drug-likeness (QED) is 0.752. The highest BCUT2D eigenvalue weighted by atomic mass is 35.5. The molecule has 3 fully saturated rings. The number of halogens is 1. The lowest BCUT2D eigenvalue weighted by Gasteiger charge is -2.37. The lowest BCUT2D eigenvalue weighted by atomic mass is 9.97. The number of likely N-dealkylation sites (tertiary alicyclic amines) is 2. The van der Waals surface area contributed by atoms with Gasteiger partial charge in [-0.2, -0.15) is 0 Å². The molecule has 0 saturated carbocycles. The van der Waals surface area contributed by atoms with E-state index in [0.29, 0.717) is 31.3 Å². The Kier molecular flexibility index (Phi) is 7.69. The van der Waals surface area contributed by atoms with E-state index >= 15 is 0 Å². The van der Waals surface area contributed by atoms with Gasteiger partial charge in [0.25, 0.3) is 0 Å². The Morgan fingerprint density at radius 2 is 1.74 bits per heavy atom. The van der Waals surface area contributed by atoms with Crippen LogP contribution >= 0.6 is 11.6 Å². The maximum atomic E-state index is 13.1. The van der Waals surface area contributed by atoms with Crippen molar-refractivity contribution in [2.45, 2.75) is 31.7 Å². The summed E-state index contributed by atoms with van der Waals surface area (Å²) < 4.78 is 5.51. The van der Waals surface area contributed by atoms with E-state index in [-0.39, 0.29) is 23.9 Å². The molecule has 31 heavy (non-hydrogen) atoms. The van der Waals surface area contributed by atoms with E-state index in [1.165, 1.54) is 0 Å². The summed E-state index contributed by atoms with van der Waals surface area (Å²) >= 11 is 6.50. The molecule has 3 aliphatic rings. The predicted molar refractivity (Wildman–Crippen MR) is 120 cm³/mol. The van der Waals surface area contributed by atoms with Crippen molar-refractivity contribution in [2.75, 3.05) is 59.0 Å². The molecule has 1 aromatic rings. The smallest absolute Gasteiger partial charge is 0.320 e. The Hall–Kier alpha value is -1.83. The zero-order valence-electron chi connectivity index (χ0n) is 18.1. The van der Waals surface area contributed by atoms with Gasteiger partial charge in [-0.1, -0.05) is 29.8 Å². The van der Waals surface area contributed by atoms with E-state index in [9.17, 15) is 9.59 Å². The fraction of sp³-hybridized carbons (Fsp3) is 0.652. The first-order chi connectivity index (χ1) is 15.1. The molecule has 3 heterocycles. The van der Waals surface area contributed by atoms with Crippen molar-refractivity contribution in [3.8, 4) is 0 Å². The van der Waals surface area contributed by atoms with Gasteiger partial charge in [-0.3, -0.25) is 9.69 Å². The van der Waals surface area contributed by atoms with Gasteiger partial charge in [0, 0.05) is 50.8 Å². The highest BCUT2D eigenvalue weighted by Gasteiger charge is 2.32. The number of amides is 3. The molecule has 3 saturated heterocycles. The largest absolute Gasteiger partial charge is 0.379 e. The van der Waals surface area contributed by atoms with Crippen molar-refractivity contribution >= 4 is 23.5 Å². The molecule has 1 N–H and O–H groups in total. The Labute approximate surface area is 189 Å². The van der Waals surface area contributed by atoms with Crippen molar-refractivity contribution in [3.05, 3.63) is 34.9 Å². The summed E-state index contributed by atoms with van der Waals surface area (Å²) in [5.41, 5.74) is 1.03. The van der Waals surface area contributed by atoms with Crippen LogP contribution in [0.3, 0.4) is 0 Å². The molecule has 8 heteroatoms. The predicted octanol–water partition coefficient (Wildman–Crippen LogP) is 2.76. The number of ether oxygens (including phenoxy) is 1. The minimum absolute atomic E-state index is 0.00692. The van der Waals surface area contributed by atoms with Crippen molar-refractivity contribution in [1.82, 2.24) is 20.0 Å². The molecule has 170 valence electrons. The van der Waals surface area contributed by atoms with Crippen LogP contribution < -0.4 is 5.32 Å². The maximum Gasteiger partial charge on any atom is 0.320 e. The monoisotopic (exact) mass is 448 g/mol. The molecule has 0 bridgehead atoms. The summed E-state index contributed by atoms with van der Waals surface area (Å²) in [6.45, 7) is 6.43. The molecule has 3 aliphatic heterocycles. The van der Waals surface area contributed by atoms with Crippen molar-refractivity contribution in [2.24, 2.45) is 5.92 Å². The minimum Gasteiger partial charge on any atom is -0.379 e. The van der Waals surface area contributed by atoms with Crippen molar-refractivity contribution in [3.63, 3.8) is 0 Å². The van der Waals surface area contributed by atoms with Gasteiger partial charge in [0.15, 0.2) is 0 Å². The highest BCUT2D eigenvalue weighted by Crippen LogP contribution is 2.28. The number of morpholine rings is 1. The Balaban J connectivity index is 1.37. The van der Waals surface area contributed by atoms with E-state index < -0.39 is 0 Å². The number of nitrogens with one attached hydrogen (secondary N) is 1. The summed E-state index contributed by atoms with van der Waals surface area (Å²) in [6.07, 6.45) is 3.85. The minimum atomic E-state index is -0.156. The van der Waals surface area contributed by atoms with E-state index in [4.69, 9.17) is 16.3 Å². The molecule has 2 atom stereocenters. The average Bonchev–Trinajstić information content (AvgIpc) is 3.35. The van der Waals surface area contributed by atoms with Crippen molar-refractivity contribution < 1.29 is 14.3 Å². The third-order valence-corrected chi connectivity index (χ3v) is 7.00. The van der Waals surface area contributed by atoms with Crippen LogP contribution in [-0.2, 0) is 9.53 Å². The van der Waals surface area contributed by atoms with E-state index in [0.717, 1.165) is 64.0 Å². The number of hydrogen-bond acceptors (Lipinski definition) is 4. The van der Waals surface area contributed by atoms with Gasteiger partial charge in [0.05, 0.1) is 25.2 Å². The maximum absolute atomic E-state index is 13.1. The zero-order valence-corrected chi connectivity index (χ0v) is 18.9. The molecule has 3 amide bonds. The van der Waals surface area contributed by atoms with Gasteiger partial charge in [-0.05, 0) is 37.3 Å². The molecular formula is C23H33ClN4O3. The first kappa shape index (κ1) is 22.4. The first-order valence-corrected chi connectivity index (χ1v) is 11.9. The SMILES string of the molecule is O=C(NCC(c1ccccc1Cl)N1CCOCC1)C1CCCN(C(=O)N2CCCC2)C1. The van der Waals surface area contributed by atoms with Gasteiger partial charge >= 0.3 is 6.03 Å². The highest BCUT2D eigenvalue weighted by molar-refractivity contribution is 6.31. The molecule has 4 rings (SSSR count). The van der Waals surface area contributed by atoms with Gasteiger partial charge in [0.2, 0.25) is 5.91 Å². The van der Waals surface area contributed by atoms with Crippen LogP contribution in [0.1, 0.15) is 37.3 Å². The zero-order chi connectivity index (χ0) is 21.6. The molecule has 0 radical (unpaired) electrons. The van der Waals surface area contributed by atoms with Gasteiger partial charge < -0.3 is 19.9 Å². The topological polar surface area (TPSA) is 65.1 Å². The Morgan fingerprint density at radius 3 is 2.48 bits per heavy atom. The molecule has 1 aromatic carbocycles. The summed E-state index contributed by atoms with van der Waals surface area (Å²) in [4.78, 5) is 31.9. The number of benzene rings is 1. The van der Waals surface area contributed by atoms with Crippen LogP contribution in [0.2, 0.25) is 5.02 Å². The fourth-order valence-electron chi connectivity index (χ4n) is 4.89. The van der Waals surface area contributed by atoms with Crippen LogP contribution in [0.15, 0.2) is 24.3 Å². The summed E-state index contributed by atoms with van der Waals surface area (Å²) in [6, 6.07) is 7.94. The van der Waals surface area contributed by atoms with Crippen LogP contribution in [-0.4, -0.2) is 85.7 Å². The number of carbonyl (C=O) groups excluding carboxylic acids is 2. The molecule has 0 aromatic heterocycles. The standard InChI is InChI=1S/C23H33ClN4O3/c24-20-8-2-1-7-19(20)21(26-12-14-31-15-13-26)16-25-22(29)18-6-5-11-28(17-18)23(30)27-9-3-4-10-27/h1-2,7-8,18,21H,3-6,9-17H2,(H,25,29). The second-order valence-corrected chi connectivity index (χ2v) is 9.10. The first-order valence-electron chi connectivity index (χ1n) is 11.5. The normalized spacial score (nSPS) is 23.6. The molecular weight excluding hydrogens is 416 g/mol. The molecule has 0 spiro atoms.